The Morgan fingerprint density at radius 1 is 1.05 bits per heavy atom. The number of benzene rings is 2. The highest BCUT2D eigenvalue weighted by Gasteiger charge is 2.07. The first-order valence-corrected chi connectivity index (χ1v) is 7.41. The van der Waals surface area contributed by atoms with Crippen LogP contribution >= 0.6 is 15.9 Å². The predicted molar refractivity (Wildman–Crippen MR) is 85.3 cm³/mol. The van der Waals surface area contributed by atoms with Crippen LogP contribution in [0.5, 0.6) is 0 Å². The summed E-state index contributed by atoms with van der Waals surface area (Å²) in [6.07, 6.45) is 0. The minimum atomic E-state index is 0.344. The summed E-state index contributed by atoms with van der Waals surface area (Å²) in [5, 5.41) is 3.60. The summed E-state index contributed by atoms with van der Waals surface area (Å²) in [7, 11) is 0. The number of rotatable bonds is 4. The first-order valence-electron chi connectivity index (χ1n) is 6.62. The third kappa shape index (κ3) is 3.68. The summed E-state index contributed by atoms with van der Waals surface area (Å²) in [4.78, 5) is 0. The molecular weight excluding hydrogens is 298 g/mol. The van der Waals surface area contributed by atoms with Gasteiger partial charge < -0.3 is 5.32 Å². The summed E-state index contributed by atoms with van der Waals surface area (Å²) in [6.45, 7) is 7.46. The lowest BCUT2D eigenvalue weighted by molar-refractivity contribution is 0.572. The van der Waals surface area contributed by atoms with Gasteiger partial charge in [-0.15, -0.1) is 0 Å². The second-order valence-corrected chi connectivity index (χ2v) is 5.94. The van der Waals surface area contributed by atoms with Crippen LogP contribution in [0.1, 0.15) is 35.2 Å². The van der Waals surface area contributed by atoms with E-state index in [0.717, 1.165) is 11.0 Å². The molecule has 2 aromatic carbocycles. The van der Waals surface area contributed by atoms with Crippen LogP contribution in [-0.4, -0.2) is 0 Å². The third-order valence-electron chi connectivity index (χ3n) is 3.58. The molecule has 0 spiro atoms. The van der Waals surface area contributed by atoms with E-state index < -0.39 is 0 Å². The van der Waals surface area contributed by atoms with Crippen LogP contribution in [0, 0.1) is 13.8 Å². The largest absolute Gasteiger partial charge is 0.306 e. The smallest absolute Gasteiger partial charge is 0.0295 e. The molecule has 0 aromatic heterocycles. The van der Waals surface area contributed by atoms with Crippen LogP contribution in [-0.2, 0) is 6.54 Å². The lowest BCUT2D eigenvalue weighted by Gasteiger charge is -2.17. The van der Waals surface area contributed by atoms with Gasteiger partial charge >= 0.3 is 0 Å². The van der Waals surface area contributed by atoms with Gasteiger partial charge in [-0.2, -0.15) is 0 Å². The van der Waals surface area contributed by atoms with Crippen molar-refractivity contribution in [3.8, 4) is 0 Å². The fourth-order valence-electron chi connectivity index (χ4n) is 2.28. The van der Waals surface area contributed by atoms with Gasteiger partial charge in [0.1, 0.15) is 0 Å². The quantitative estimate of drug-likeness (QED) is 0.844. The molecule has 0 aliphatic rings. The molecule has 0 aliphatic heterocycles. The van der Waals surface area contributed by atoms with Crippen molar-refractivity contribution < 1.29 is 0 Å². The molecule has 0 fully saturated rings. The lowest BCUT2D eigenvalue weighted by Crippen LogP contribution is -2.19. The highest BCUT2D eigenvalue weighted by molar-refractivity contribution is 9.10. The average Bonchev–Trinajstić information content (AvgIpc) is 2.38. The van der Waals surface area contributed by atoms with E-state index in [4.69, 9.17) is 0 Å². The SMILES string of the molecule is Cc1cccc(C)c1CNC(C)c1cccc(Br)c1. The standard InChI is InChI=1S/C17H20BrN/c1-12-6-4-7-13(2)17(12)11-19-14(3)15-8-5-9-16(18)10-15/h4-10,14,19H,11H2,1-3H3. The molecule has 2 rings (SSSR count). The third-order valence-corrected chi connectivity index (χ3v) is 4.07. The fourth-order valence-corrected chi connectivity index (χ4v) is 2.69. The van der Waals surface area contributed by atoms with Gasteiger partial charge in [0.25, 0.3) is 0 Å². The van der Waals surface area contributed by atoms with Gasteiger partial charge in [0.05, 0.1) is 0 Å². The van der Waals surface area contributed by atoms with Crippen molar-refractivity contribution in [1.29, 1.82) is 0 Å². The molecule has 0 saturated heterocycles. The molecule has 1 nitrogen and oxygen atoms in total. The van der Waals surface area contributed by atoms with Crippen LogP contribution < -0.4 is 5.32 Å². The van der Waals surface area contributed by atoms with Crippen molar-refractivity contribution in [2.75, 3.05) is 0 Å². The maximum absolute atomic E-state index is 3.60. The van der Waals surface area contributed by atoms with E-state index in [0.29, 0.717) is 6.04 Å². The van der Waals surface area contributed by atoms with Crippen LogP contribution in [0.2, 0.25) is 0 Å². The van der Waals surface area contributed by atoms with E-state index in [9.17, 15) is 0 Å². The topological polar surface area (TPSA) is 12.0 Å². The van der Waals surface area contributed by atoms with Crippen molar-refractivity contribution >= 4 is 15.9 Å². The molecule has 0 bridgehead atoms. The lowest BCUT2D eigenvalue weighted by atomic mass is 10.0. The monoisotopic (exact) mass is 317 g/mol. The van der Waals surface area contributed by atoms with E-state index >= 15 is 0 Å². The Bertz CT molecular complexity index is 543. The van der Waals surface area contributed by atoms with Crippen molar-refractivity contribution in [3.05, 3.63) is 69.2 Å². The Morgan fingerprint density at radius 3 is 2.32 bits per heavy atom. The molecule has 0 aliphatic carbocycles. The Kier molecular flexibility index (Phi) is 4.78. The molecule has 100 valence electrons. The minimum absolute atomic E-state index is 0.344. The molecule has 0 radical (unpaired) electrons. The van der Waals surface area contributed by atoms with E-state index in [2.05, 4.69) is 84.5 Å². The van der Waals surface area contributed by atoms with E-state index in [-0.39, 0.29) is 0 Å². The summed E-state index contributed by atoms with van der Waals surface area (Å²) in [5.41, 5.74) is 5.42. The van der Waals surface area contributed by atoms with Gasteiger partial charge in [-0.25, -0.2) is 0 Å². The van der Waals surface area contributed by atoms with Gasteiger partial charge in [-0.1, -0.05) is 46.3 Å². The maximum Gasteiger partial charge on any atom is 0.0295 e. The van der Waals surface area contributed by atoms with E-state index in [1.165, 1.54) is 22.3 Å². The summed E-state index contributed by atoms with van der Waals surface area (Å²) in [6, 6.07) is 15.3. The molecule has 0 saturated carbocycles. The molecule has 2 aromatic rings. The maximum atomic E-state index is 3.60. The average molecular weight is 318 g/mol. The highest BCUT2D eigenvalue weighted by atomic mass is 79.9. The number of hydrogen-bond donors (Lipinski definition) is 1. The normalized spacial score (nSPS) is 12.4. The van der Waals surface area contributed by atoms with Gasteiger partial charge in [-0.05, 0) is 55.2 Å². The molecule has 1 N–H and O–H groups in total. The zero-order chi connectivity index (χ0) is 13.8. The summed E-state index contributed by atoms with van der Waals surface area (Å²) < 4.78 is 1.13. The first-order chi connectivity index (χ1) is 9.08. The van der Waals surface area contributed by atoms with Gasteiger partial charge in [-0.3, -0.25) is 0 Å². The molecule has 0 heterocycles. The van der Waals surface area contributed by atoms with Crippen molar-refractivity contribution in [2.45, 2.75) is 33.4 Å². The predicted octanol–water partition coefficient (Wildman–Crippen LogP) is 4.92. The Morgan fingerprint density at radius 2 is 1.68 bits per heavy atom. The zero-order valence-corrected chi connectivity index (χ0v) is 13.3. The van der Waals surface area contributed by atoms with Crippen molar-refractivity contribution in [2.24, 2.45) is 0 Å². The van der Waals surface area contributed by atoms with Crippen LogP contribution in [0.3, 0.4) is 0 Å². The zero-order valence-electron chi connectivity index (χ0n) is 11.7. The number of aryl methyl sites for hydroxylation is 2. The van der Waals surface area contributed by atoms with Gasteiger partial charge in [0.15, 0.2) is 0 Å². The summed E-state index contributed by atoms with van der Waals surface area (Å²) >= 11 is 3.52. The molecule has 2 heteroatoms. The fraction of sp³-hybridized carbons (Fsp3) is 0.294. The highest BCUT2D eigenvalue weighted by Crippen LogP contribution is 2.19. The molecule has 1 unspecified atom stereocenters. The second kappa shape index (κ2) is 6.36. The molecule has 19 heavy (non-hydrogen) atoms. The number of nitrogens with one attached hydrogen (secondary N) is 1. The summed E-state index contributed by atoms with van der Waals surface area (Å²) in [5.74, 6) is 0. The molecular formula is C17H20BrN. The molecule has 1 atom stereocenters. The Labute approximate surface area is 124 Å². The second-order valence-electron chi connectivity index (χ2n) is 5.03. The number of hydrogen-bond acceptors (Lipinski definition) is 1. The number of halogens is 1. The van der Waals surface area contributed by atoms with Crippen LogP contribution in [0.25, 0.3) is 0 Å². The van der Waals surface area contributed by atoms with E-state index in [1.54, 1.807) is 0 Å². The van der Waals surface area contributed by atoms with E-state index in [1.807, 2.05) is 0 Å². The van der Waals surface area contributed by atoms with Gasteiger partial charge in [0, 0.05) is 17.1 Å². The first kappa shape index (κ1) is 14.3. The molecule has 0 amide bonds. The van der Waals surface area contributed by atoms with Crippen molar-refractivity contribution in [1.82, 2.24) is 5.32 Å². The minimum Gasteiger partial charge on any atom is -0.306 e. The Balaban J connectivity index is 2.06. The van der Waals surface area contributed by atoms with Crippen LogP contribution in [0.4, 0.5) is 0 Å². The van der Waals surface area contributed by atoms with Crippen molar-refractivity contribution in [3.63, 3.8) is 0 Å². The van der Waals surface area contributed by atoms with Crippen LogP contribution in [0.15, 0.2) is 46.9 Å². The van der Waals surface area contributed by atoms with Gasteiger partial charge in [0.2, 0.25) is 0 Å². The Hall–Kier alpha value is -1.12.